The molecule has 0 aliphatic carbocycles. The molecule has 0 fully saturated rings. The van der Waals surface area contributed by atoms with Gasteiger partial charge in [-0.05, 0) is 18.2 Å². The Morgan fingerprint density at radius 2 is 2.05 bits per heavy atom. The third-order valence-electron chi connectivity index (χ3n) is 2.25. The van der Waals surface area contributed by atoms with Crippen molar-refractivity contribution in [2.75, 3.05) is 33.5 Å². The van der Waals surface area contributed by atoms with Crippen molar-refractivity contribution in [2.24, 2.45) is 10.9 Å². The SMILES string of the molecule is COCCOCCOc1ccc(/C(N)=N/O)c(Cl)c1. The van der Waals surface area contributed by atoms with Gasteiger partial charge in [-0.2, -0.15) is 0 Å². The largest absolute Gasteiger partial charge is 0.491 e. The van der Waals surface area contributed by atoms with Crippen molar-refractivity contribution >= 4 is 17.4 Å². The standard InChI is InChI=1S/C12H17ClN2O4/c1-17-4-5-18-6-7-19-9-2-3-10(11(13)8-9)12(14)15-16/h2-3,8,16H,4-7H2,1H3,(H2,14,15). The van der Waals surface area contributed by atoms with E-state index in [0.29, 0.717) is 42.8 Å². The maximum Gasteiger partial charge on any atom is 0.171 e. The predicted octanol–water partition coefficient (Wildman–Crippen LogP) is 1.48. The average Bonchev–Trinajstić information content (AvgIpc) is 2.42. The fourth-order valence-corrected chi connectivity index (χ4v) is 1.58. The lowest BCUT2D eigenvalue weighted by molar-refractivity contribution is 0.0544. The van der Waals surface area contributed by atoms with Gasteiger partial charge < -0.3 is 25.2 Å². The van der Waals surface area contributed by atoms with Gasteiger partial charge in [-0.3, -0.25) is 0 Å². The molecule has 0 amide bonds. The summed E-state index contributed by atoms with van der Waals surface area (Å²) in [4.78, 5) is 0. The highest BCUT2D eigenvalue weighted by Crippen LogP contribution is 2.22. The van der Waals surface area contributed by atoms with Crippen LogP contribution in [0.15, 0.2) is 23.4 Å². The molecule has 0 aliphatic heterocycles. The molecule has 0 atom stereocenters. The van der Waals surface area contributed by atoms with Gasteiger partial charge in [0.2, 0.25) is 0 Å². The fourth-order valence-electron chi connectivity index (χ4n) is 1.31. The highest BCUT2D eigenvalue weighted by atomic mass is 35.5. The van der Waals surface area contributed by atoms with E-state index in [-0.39, 0.29) is 5.84 Å². The molecule has 19 heavy (non-hydrogen) atoms. The minimum Gasteiger partial charge on any atom is -0.491 e. The molecule has 1 aromatic rings. The number of nitrogens with two attached hydrogens (primary N) is 1. The van der Waals surface area contributed by atoms with E-state index in [4.69, 9.17) is 36.8 Å². The van der Waals surface area contributed by atoms with Crippen molar-refractivity contribution in [3.63, 3.8) is 0 Å². The first kappa shape index (κ1) is 15.6. The van der Waals surface area contributed by atoms with E-state index in [9.17, 15) is 0 Å². The molecule has 106 valence electrons. The quantitative estimate of drug-likeness (QED) is 0.249. The molecule has 0 radical (unpaired) electrons. The van der Waals surface area contributed by atoms with Crippen molar-refractivity contribution < 1.29 is 19.4 Å². The molecule has 1 aromatic carbocycles. The monoisotopic (exact) mass is 288 g/mol. The van der Waals surface area contributed by atoms with Gasteiger partial charge in [0, 0.05) is 12.7 Å². The van der Waals surface area contributed by atoms with Gasteiger partial charge in [-0.25, -0.2) is 0 Å². The highest BCUT2D eigenvalue weighted by molar-refractivity contribution is 6.34. The number of halogens is 1. The van der Waals surface area contributed by atoms with Gasteiger partial charge in [0.1, 0.15) is 12.4 Å². The Morgan fingerprint density at radius 1 is 1.32 bits per heavy atom. The zero-order chi connectivity index (χ0) is 14.1. The van der Waals surface area contributed by atoms with Gasteiger partial charge >= 0.3 is 0 Å². The van der Waals surface area contributed by atoms with Crippen LogP contribution in [0.5, 0.6) is 5.75 Å². The Kier molecular flexibility index (Phi) is 7.02. The summed E-state index contributed by atoms with van der Waals surface area (Å²) in [5.41, 5.74) is 5.91. The molecule has 0 bridgehead atoms. The van der Waals surface area contributed by atoms with Crippen LogP contribution >= 0.6 is 11.6 Å². The van der Waals surface area contributed by atoms with Gasteiger partial charge in [-0.1, -0.05) is 16.8 Å². The molecule has 7 heteroatoms. The van der Waals surface area contributed by atoms with Crippen LogP contribution in [-0.2, 0) is 9.47 Å². The van der Waals surface area contributed by atoms with Gasteiger partial charge in [0.05, 0.1) is 24.8 Å². The van der Waals surface area contributed by atoms with E-state index in [1.807, 2.05) is 0 Å². The number of rotatable bonds is 8. The molecule has 0 saturated heterocycles. The summed E-state index contributed by atoms with van der Waals surface area (Å²) >= 11 is 5.98. The maximum atomic E-state index is 8.57. The minimum atomic E-state index is -0.0422. The average molecular weight is 289 g/mol. The summed E-state index contributed by atoms with van der Waals surface area (Å²) in [7, 11) is 1.62. The Morgan fingerprint density at radius 3 is 2.68 bits per heavy atom. The number of hydrogen-bond acceptors (Lipinski definition) is 5. The van der Waals surface area contributed by atoms with E-state index >= 15 is 0 Å². The molecule has 0 saturated carbocycles. The highest BCUT2D eigenvalue weighted by Gasteiger charge is 2.06. The Bertz CT molecular complexity index is 426. The third kappa shape index (κ3) is 5.34. The summed E-state index contributed by atoms with van der Waals surface area (Å²) in [5, 5.41) is 11.8. The lowest BCUT2D eigenvalue weighted by Crippen LogP contribution is -2.14. The first-order chi connectivity index (χ1) is 9.19. The van der Waals surface area contributed by atoms with Gasteiger partial charge in [0.15, 0.2) is 5.84 Å². The number of amidine groups is 1. The van der Waals surface area contributed by atoms with E-state index in [2.05, 4.69) is 5.16 Å². The molecule has 0 aliphatic rings. The molecule has 0 spiro atoms. The van der Waals surface area contributed by atoms with Crippen LogP contribution in [0.1, 0.15) is 5.56 Å². The third-order valence-corrected chi connectivity index (χ3v) is 2.57. The Balaban J connectivity index is 2.42. The molecule has 6 nitrogen and oxygen atoms in total. The van der Waals surface area contributed by atoms with E-state index < -0.39 is 0 Å². The van der Waals surface area contributed by atoms with Crippen LogP contribution in [-0.4, -0.2) is 44.6 Å². The zero-order valence-corrected chi connectivity index (χ0v) is 11.4. The molecule has 0 heterocycles. The summed E-state index contributed by atoms with van der Waals surface area (Å²) < 4.78 is 15.5. The second kappa shape index (κ2) is 8.58. The normalized spacial score (nSPS) is 11.6. The fraction of sp³-hybridized carbons (Fsp3) is 0.417. The lowest BCUT2D eigenvalue weighted by atomic mass is 10.2. The van der Waals surface area contributed by atoms with Crippen molar-refractivity contribution in [2.45, 2.75) is 0 Å². The topological polar surface area (TPSA) is 86.3 Å². The maximum absolute atomic E-state index is 8.57. The number of benzene rings is 1. The predicted molar refractivity (Wildman–Crippen MR) is 72.2 cm³/mol. The molecule has 0 unspecified atom stereocenters. The van der Waals surface area contributed by atoms with Crippen LogP contribution in [0.25, 0.3) is 0 Å². The van der Waals surface area contributed by atoms with E-state index in [0.717, 1.165) is 0 Å². The van der Waals surface area contributed by atoms with Crippen LogP contribution in [0, 0.1) is 0 Å². The first-order valence-electron chi connectivity index (χ1n) is 5.66. The van der Waals surface area contributed by atoms with Crippen molar-refractivity contribution in [1.29, 1.82) is 0 Å². The van der Waals surface area contributed by atoms with Crippen LogP contribution in [0.4, 0.5) is 0 Å². The Labute approximate surface area is 116 Å². The van der Waals surface area contributed by atoms with Crippen molar-refractivity contribution in [3.05, 3.63) is 28.8 Å². The van der Waals surface area contributed by atoms with Crippen molar-refractivity contribution in [3.8, 4) is 5.75 Å². The molecular weight excluding hydrogens is 272 g/mol. The molecule has 1 rings (SSSR count). The lowest BCUT2D eigenvalue weighted by Gasteiger charge is -2.09. The van der Waals surface area contributed by atoms with Crippen LogP contribution < -0.4 is 10.5 Å². The molecular formula is C12H17ClN2O4. The summed E-state index contributed by atoms with van der Waals surface area (Å²) in [6.07, 6.45) is 0. The second-order valence-corrected chi connectivity index (χ2v) is 3.99. The summed E-state index contributed by atoms with van der Waals surface area (Å²) in [5.74, 6) is 0.550. The molecule has 0 aromatic heterocycles. The minimum absolute atomic E-state index is 0.0422. The number of nitrogens with zero attached hydrogens (tertiary/aromatic N) is 1. The number of oxime groups is 1. The summed E-state index contributed by atoms with van der Waals surface area (Å²) in [6, 6.07) is 4.91. The van der Waals surface area contributed by atoms with Gasteiger partial charge in [-0.15, -0.1) is 0 Å². The Hall–Kier alpha value is -1.50. The number of ether oxygens (including phenoxy) is 3. The number of hydrogen-bond donors (Lipinski definition) is 2. The van der Waals surface area contributed by atoms with E-state index in [1.165, 1.54) is 0 Å². The van der Waals surface area contributed by atoms with E-state index in [1.54, 1.807) is 25.3 Å². The summed E-state index contributed by atoms with van der Waals surface area (Å²) in [6.45, 7) is 1.95. The first-order valence-corrected chi connectivity index (χ1v) is 6.03. The molecule has 3 N–H and O–H groups in total. The van der Waals surface area contributed by atoms with Crippen LogP contribution in [0.2, 0.25) is 5.02 Å². The van der Waals surface area contributed by atoms with Gasteiger partial charge in [0.25, 0.3) is 0 Å². The smallest absolute Gasteiger partial charge is 0.171 e. The second-order valence-electron chi connectivity index (χ2n) is 3.58. The zero-order valence-electron chi connectivity index (χ0n) is 10.6. The number of methoxy groups -OCH3 is 1. The van der Waals surface area contributed by atoms with Crippen LogP contribution in [0.3, 0.4) is 0 Å². The van der Waals surface area contributed by atoms with Crippen molar-refractivity contribution in [1.82, 2.24) is 0 Å².